The Morgan fingerprint density at radius 3 is 2.59 bits per heavy atom. The van der Waals surface area contributed by atoms with E-state index >= 15 is 0 Å². The third-order valence-electron chi connectivity index (χ3n) is 2.66. The van der Waals surface area contributed by atoms with Crippen LogP contribution in [0.5, 0.6) is 5.75 Å². The average molecular weight is 344 g/mol. The highest BCUT2D eigenvalue weighted by Crippen LogP contribution is 2.30. The van der Waals surface area contributed by atoms with Crippen LogP contribution >= 0.6 is 11.6 Å². The number of benzene rings is 1. The van der Waals surface area contributed by atoms with Crippen molar-refractivity contribution in [3.8, 4) is 5.75 Å². The number of pyridine rings is 1. The highest BCUT2D eigenvalue weighted by Gasteiger charge is 2.22. The highest BCUT2D eigenvalue weighted by molar-refractivity contribution is 7.92. The lowest BCUT2D eigenvalue weighted by molar-refractivity contribution is -0.384. The number of rotatable bonds is 5. The Bertz CT molecular complexity index is 808. The van der Waals surface area contributed by atoms with Gasteiger partial charge in [-0.1, -0.05) is 11.6 Å². The Hall–Kier alpha value is -2.39. The van der Waals surface area contributed by atoms with E-state index in [-0.39, 0.29) is 21.5 Å². The van der Waals surface area contributed by atoms with Gasteiger partial charge in [-0.15, -0.1) is 0 Å². The molecule has 1 heterocycles. The fourth-order valence-electron chi connectivity index (χ4n) is 1.60. The molecule has 0 saturated carbocycles. The summed E-state index contributed by atoms with van der Waals surface area (Å²) in [6.45, 7) is 0. The summed E-state index contributed by atoms with van der Waals surface area (Å²) in [5.41, 5.74) is -0.606. The molecule has 0 atom stereocenters. The van der Waals surface area contributed by atoms with Crippen molar-refractivity contribution in [3.63, 3.8) is 0 Å². The lowest BCUT2D eigenvalue weighted by atomic mass is 10.2. The molecule has 0 fully saturated rings. The minimum absolute atomic E-state index is 0.134. The van der Waals surface area contributed by atoms with Crippen LogP contribution < -0.4 is 9.46 Å². The first-order valence-electron chi connectivity index (χ1n) is 5.80. The zero-order valence-electron chi connectivity index (χ0n) is 11.2. The molecule has 0 saturated heterocycles. The molecule has 1 aromatic carbocycles. The van der Waals surface area contributed by atoms with Gasteiger partial charge in [0.25, 0.3) is 15.7 Å². The van der Waals surface area contributed by atoms with Crippen LogP contribution in [-0.2, 0) is 10.0 Å². The Morgan fingerprint density at radius 2 is 2.05 bits per heavy atom. The molecular weight excluding hydrogens is 334 g/mol. The largest absolute Gasteiger partial charge is 0.496 e. The maximum atomic E-state index is 12.2. The van der Waals surface area contributed by atoms with Gasteiger partial charge in [-0.05, 0) is 24.3 Å². The zero-order chi connectivity index (χ0) is 16.3. The Morgan fingerprint density at radius 1 is 1.32 bits per heavy atom. The van der Waals surface area contributed by atoms with E-state index in [0.29, 0.717) is 0 Å². The third kappa shape index (κ3) is 3.43. The SMILES string of the molecule is COc1ccc(NS(=O)(=O)c2ccc(Cl)nc2)c([N+](=O)[O-])c1. The predicted octanol–water partition coefficient (Wildman–Crippen LogP) is 2.45. The molecule has 0 bridgehead atoms. The van der Waals surface area contributed by atoms with E-state index < -0.39 is 20.6 Å². The summed E-state index contributed by atoms with van der Waals surface area (Å²) >= 11 is 5.59. The van der Waals surface area contributed by atoms with Crippen LogP contribution in [0.2, 0.25) is 5.15 Å². The quantitative estimate of drug-likeness (QED) is 0.507. The molecule has 1 aromatic heterocycles. The number of nitrogens with zero attached hydrogens (tertiary/aromatic N) is 2. The van der Waals surface area contributed by atoms with E-state index in [1.165, 1.54) is 31.4 Å². The Balaban J connectivity index is 2.41. The molecule has 10 heteroatoms. The molecule has 2 rings (SSSR count). The van der Waals surface area contributed by atoms with Gasteiger partial charge in [0.05, 0.1) is 18.1 Å². The van der Waals surface area contributed by atoms with Gasteiger partial charge in [0.2, 0.25) is 0 Å². The summed E-state index contributed by atoms with van der Waals surface area (Å²) in [7, 11) is -2.67. The molecule has 0 unspecified atom stereocenters. The summed E-state index contributed by atoms with van der Waals surface area (Å²) < 4.78 is 31.4. The molecule has 22 heavy (non-hydrogen) atoms. The van der Waals surface area contributed by atoms with Gasteiger partial charge in [-0.2, -0.15) is 0 Å². The van der Waals surface area contributed by atoms with Gasteiger partial charge in [-0.25, -0.2) is 13.4 Å². The summed E-state index contributed by atoms with van der Waals surface area (Å²) in [6, 6.07) is 6.33. The molecule has 0 aliphatic carbocycles. The van der Waals surface area contributed by atoms with Crippen molar-refractivity contribution in [3.05, 3.63) is 51.8 Å². The van der Waals surface area contributed by atoms with E-state index in [1.807, 2.05) is 0 Å². The van der Waals surface area contributed by atoms with Crippen LogP contribution in [0.4, 0.5) is 11.4 Å². The summed E-state index contributed by atoms with van der Waals surface area (Å²) in [5, 5.41) is 11.2. The van der Waals surface area contributed by atoms with Crippen molar-refractivity contribution >= 4 is 33.0 Å². The topological polar surface area (TPSA) is 111 Å². The minimum atomic E-state index is -4.02. The number of halogens is 1. The molecule has 0 amide bonds. The fraction of sp³-hybridized carbons (Fsp3) is 0.0833. The van der Waals surface area contributed by atoms with Crippen molar-refractivity contribution in [2.45, 2.75) is 4.90 Å². The van der Waals surface area contributed by atoms with Crippen LogP contribution in [-0.4, -0.2) is 25.4 Å². The van der Waals surface area contributed by atoms with Gasteiger partial charge >= 0.3 is 0 Å². The molecule has 0 aliphatic heterocycles. The first-order chi connectivity index (χ1) is 10.3. The van der Waals surface area contributed by atoms with Gasteiger partial charge in [0, 0.05) is 6.20 Å². The number of hydrogen-bond donors (Lipinski definition) is 1. The fourth-order valence-corrected chi connectivity index (χ4v) is 2.73. The second-order valence-electron chi connectivity index (χ2n) is 4.06. The summed E-state index contributed by atoms with van der Waals surface area (Å²) in [5.74, 6) is 0.239. The molecule has 8 nitrogen and oxygen atoms in total. The van der Waals surface area contributed by atoms with Gasteiger partial charge in [0.1, 0.15) is 21.5 Å². The maximum absolute atomic E-state index is 12.2. The molecule has 0 aliphatic rings. The number of anilines is 1. The van der Waals surface area contributed by atoms with Crippen molar-refractivity contribution in [2.24, 2.45) is 0 Å². The maximum Gasteiger partial charge on any atom is 0.297 e. The van der Waals surface area contributed by atoms with Crippen LogP contribution in [0.3, 0.4) is 0 Å². The Labute approximate surface area is 130 Å². The molecule has 0 spiro atoms. The van der Waals surface area contributed by atoms with Crippen molar-refractivity contribution in [2.75, 3.05) is 11.8 Å². The Kier molecular flexibility index (Phi) is 4.48. The zero-order valence-corrected chi connectivity index (χ0v) is 12.8. The number of methoxy groups -OCH3 is 1. The lowest BCUT2D eigenvalue weighted by Crippen LogP contribution is -2.14. The minimum Gasteiger partial charge on any atom is -0.496 e. The number of nitro groups is 1. The monoisotopic (exact) mass is 343 g/mol. The van der Waals surface area contributed by atoms with E-state index in [2.05, 4.69) is 9.71 Å². The van der Waals surface area contributed by atoms with Crippen molar-refractivity contribution in [1.29, 1.82) is 0 Å². The van der Waals surface area contributed by atoms with Crippen molar-refractivity contribution < 1.29 is 18.1 Å². The number of sulfonamides is 1. The number of hydrogen-bond acceptors (Lipinski definition) is 6. The second-order valence-corrected chi connectivity index (χ2v) is 6.13. The average Bonchev–Trinajstić information content (AvgIpc) is 2.47. The highest BCUT2D eigenvalue weighted by atomic mass is 35.5. The number of aromatic nitrogens is 1. The smallest absolute Gasteiger partial charge is 0.297 e. The number of nitrogens with one attached hydrogen (secondary N) is 1. The van der Waals surface area contributed by atoms with Crippen LogP contribution in [0.1, 0.15) is 0 Å². The van der Waals surface area contributed by atoms with E-state index in [9.17, 15) is 18.5 Å². The molecule has 116 valence electrons. The van der Waals surface area contributed by atoms with Crippen molar-refractivity contribution in [1.82, 2.24) is 4.98 Å². The van der Waals surface area contributed by atoms with Gasteiger partial charge in [-0.3, -0.25) is 14.8 Å². The van der Waals surface area contributed by atoms with Crippen LogP contribution in [0.25, 0.3) is 0 Å². The molecule has 2 aromatic rings. The second kappa shape index (κ2) is 6.16. The molecular formula is C12H10ClN3O5S. The number of nitro benzene ring substituents is 1. The van der Waals surface area contributed by atoms with Gasteiger partial charge < -0.3 is 4.74 Å². The first-order valence-corrected chi connectivity index (χ1v) is 7.66. The number of ether oxygens (including phenoxy) is 1. The first kappa shape index (κ1) is 16.0. The van der Waals surface area contributed by atoms with E-state index in [4.69, 9.17) is 16.3 Å². The van der Waals surface area contributed by atoms with E-state index in [1.54, 1.807) is 0 Å². The standard InChI is InChI=1S/C12H10ClN3O5S/c1-21-8-2-4-10(11(6-8)16(17)18)15-22(19,20)9-3-5-12(13)14-7-9/h2-7,15H,1H3. The van der Waals surface area contributed by atoms with Gasteiger partial charge in [0.15, 0.2) is 0 Å². The van der Waals surface area contributed by atoms with Crippen LogP contribution in [0.15, 0.2) is 41.4 Å². The summed E-state index contributed by atoms with van der Waals surface area (Å²) in [4.78, 5) is 13.8. The van der Waals surface area contributed by atoms with Crippen LogP contribution in [0, 0.1) is 10.1 Å². The lowest BCUT2D eigenvalue weighted by Gasteiger charge is -2.09. The normalized spacial score (nSPS) is 11.0. The molecule has 0 radical (unpaired) electrons. The predicted molar refractivity (Wildman–Crippen MR) is 79.7 cm³/mol. The van der Waals surface area contributed by atoms with E-state index in [0.717, 1.165) is 12.3 Å². The summed E-state index contributed by atoms with van der Waals surface area (Å²) in [6.07, 6.45) is 1.06. The molecule has 1 N–H and O–H groups in total. The third-order valence-corrected chi connectivity index (χ3v) is 4.23.